The topological polar surface area (TPSA) is 138 Å². The number of halogens is 2. The smallest absolute Gasteiger partial charge is 0.355 e. The van der Waals surface area contributed by atoms with E-state index in [0.29, 0.717) is 17.1 Å². The zero-order valence-corrected chi connectivity index (χ0v) is 24.7. The molecule has 1 aromatic carbocycles. The fourth-order valence-electron chi connectivity index (χ4n) is 6.27. The van der Waals surface area contributed by atoms with Gasteiger partial charge in [-0.25, -0.2) is 33.1 Å². The largest absolute Gasteiger partial charge is 0.507 e. The number of aliphatic hydroxyl groups excluding tert-OH is 1. The molecule has 45 heavy (non-hydrogen) atoms. The van der Waals surface area contributed by atoms with Crippen molar-refractivity contribution in [1.29, 1.82) is 0 Å². The van der Waals surface area contributed by atoms with E-state index in [-0.39, 0.29) is 41.8 Å². The van der Waals surface area contributed by atoms with E-state index in [4.69, 9.17) is 0 Å². The van der Waals surface area contributed by atoms with Crippen molar-refractivity contribution in [2.75, 3.05) is 18.0 Å². The lowest BCUT2D eigenvalue weighted by molar-refractivity contribution is -0.132. The molecule has 2 atom stereocenters. The van der Waals surface area contributed by atoms with Crippen molar-refractivity contribution in [1.82, 2.24) is 29.4 Å². The Bertz CT molecular complexity index is 1910. The van der Waals surface area contributed by atoms with Gasteiger partial charge in [-0.3, -0.25) is 4.79 Å². The second-order valence-corrected chi connectivity index (χ2v) is 12.2. The number of aromatic nitrogens is 5. The number of piperazine rings is 1. The van der Waals surface area contributed by atoms with Crippen LogP contribution in [-0.4, -0.2) is 70.7 Å². The van der Waals surface area contributed by atoms with Gasteiger partial charge < -0.3 is 20.0 Å². The van der Waals surface area contributed by atoms with Crippen molar-refractivity contribution >= 4 is 22.8 Å². The Morgan fingerprint density at radius 1 is 0.978 bits per heavy atom. The van der Waals surface area contributed by atoms with Crippen LogP contribution in [0.3, 0.4) is 0 Å². The number of rotatable bonds is 6. The van der Waals surface area contributed by atoms with Gasteiger partial charge in [-0.15, -0.1) is 0 Å². The van der Waals surface area contributed by atoms with E-state index in [0.717, 1.165) is 37.8 Å². The highest BCUT2D eigenvalue weighted by atomic mass is 19.1. The highest BCUT2D eigenvalue weighted by molar-refractivity contribution is 5.92. The number of hydrogen-bond donors (Lipinski definition) is 2. The average Bonchev–Trinajstić information content (AvgIpc) is 3.92. The number of aromatic hydroxyl groups is 1. The van der Waals surface area contributed by atoms with Gasteiger partial charge in [0, 0.05) is 37.0 Å². The summed E-state index contributed by atoms with van der Waals surface area (Å²) in [6.45, 7) is 7.34. The zero-order valence-electron chi connectivity index (χ0n) is 24.7. The number of aliphatic hydroxyl groups is 1. The second kappa shape index (κ2) is 10.6. The summed E-state index contributed by atoms with van der Waals surface area (Å²) in [6.07, 6.45) is 5.06. The number of hydrogen-bond acceptors (Lipinski definition) is 9. The Labute approximate surface area is 256 Å². The van der Waals surface area contributed by atoms with Gasteiger partial charge in [-0.05, 0) is 57.7 Å². The molecule has 0 unspecified atom stereocenters. The van der Waals surface area contributed by atoms with Crippen LogP contribution in [0.2, 0.25) is 0 Å². The van der Waals surface area contributed by atoms with Gasteiger partial charge in [0.05, 0.1) is 28.0 Å². The van der Waals surface area contributed by atoms with E-state index in [2.05, 4.69) is 26.5 Å². The summed E-state index contributed by atoms with van der Waals surface area (Å²) in [4.78, 5) is 48.3. The Morgan fingerprint density at radius 2 is 1.64 bits per heavy atom. The number of fused-ring (bicyclic) bond motifs is 1. The molecule has 1 amide bonds. The molecule has 13 heteroatoms. The van der Waals surface area contributed by atoms with Crippen LogP contribution in [0.1, 0.15) is 62.8 Å². The van der Waals surface area contributed by atoms with E-state index < -0.39 is 58.1 Å². The summed E-state index contributed by atoms with van der Waals surface area (Å²) in [6, 6.07) is 3.96. The first-order chi connectivity index (χ1) is 21.5. The lowest BCUT2D eigenvalue weighted by atomic mass is 10.1. The van der Waals surface area contributed by atoms with Gasteiger partial charge in [0.15, 0.2) is 17.2 Å². The lowest BCUT2D eigenvalue weighted by Crippen LogP contribution is -2.59. The monoisotopic (exact) mass is 615 g/mol. The molecule has 11 nitrogen and oxygen atoms in total. The number of pyridine rings is 1. The molecule has 7 rings (SSSR count). The van der Waals surface area contributed by atoms with Crippen LogP contribution >= 0.6 is 0 Å². The summed E-state index contributed by atoms with van der Waals surface area (Å²) in [5.74, 6) is -3.10. The molecule has 1 saturated heterocycles. The van der Waals surface area contributed by atoms with Crippen molar-refractivity contribution < 1.29 is 23.8 Å². The Hall–Kier alpha value is -4.94. The van der Waals surface area contributed by atoms with Crippen molar-refractivity contribution in [3.8, 4) is 22.7 Å². The molecule has 3 aromatic heterocycles. The Morgan fingerprint density at radius 3 is 2.24 bits per heavy atom. The third-order valence-corrected chi connectivity index (χ3v) is 8.83. The average molecular weight is 616 g/mol. The van der Waals surface area contributed by atoms with Crippen molar-refractivity contribution in [3.63, 3.8) is 0 Å². The minimum atomic E-state index is -0.920. The third kappa shape index (κ3) is 4.86. The highest BCUT2D eigenvalue weighted by Crippen LogP contribution is 2.47. The zero-order chi connectivity index (χ0) is 31.7. The molecule has 2 aliphatic carbocycles. The molecule has 0 radical (unpaired) electrons. The fraction of sp³-hybridized carbons (Fsp3) is 0.375. The number of anilines is 1. The number of carbonyl (C=O) groups is 1. The molecular weight excluding hydrogens is 584 g/mol. The lowest BCUT2D eigenvalue weighted by Gasteiger charge is -2.44. The first-order valence-electron chi connectivity index (χ1n) is 15.0. The molecule has 3 fully saturated rings. The molecule has 0 spiro atoms. The van der Waals surface area contributed by atoms with Crippen LogP contribution < -0.4 is 10.6 Å². The predicted octanol–water partition coefficient (Wildman–Crippen LogP) is 4.47. The van der Waals surface area contributed by atoms with E-state index in [1.807, 2.05) is 6.92 Å². The number of phenols is 1. The SMILES string of the molecule is C=C(O)C(=O)N1C[C@H](C)N(c2nc(=O)n(-c3c(C4CC4)ncnc3C3CC3)c3nc(-c4c(O)cccc4F)c(F)cc23)C[C@H]1C. The van der Waals surface area contributed by atoms with Crippen molar-refractivity contribution in [2.45, 2.75) is 63.5 Å². The minimum Gasteiger partial charge on any atom is -0.507 e. The Kier molecular flexibility index (Phi) is 6.79. The van der Waals surface area contributed by atoms with E-state index in [1.165, 1.54) is 27.9 Å². The van der Waals surface area contributed by atoms with Crippen LogP contribution in [0.25, 0.3) is 28.0 Å². The van der Waals surface area contributed by atoms with Crippen molar-refractivity contribution in [2.24, 2.45) is 0 Å². The number of amides is 1. The van der Waals surface area contributed by atoms with Gasteiger partial charge in [-0.1, -0.05) is 12.6 Å². The molecule has 3 aliphatic rings. The summed E-state index contributed by atoms with van der Waals surface area (Å²) < 4.78 is 32.4. The third-order valence-electron chi connectivity index (χ3n) is 8.83. The van der Waals surface area contributed by atoms with Gasteiger partial charge in [0.2, 0.25) is 0 Å². The first kappa shape index (κ1) is 28.8. The van der Waals surface area contributed by atoms with Gasteiger partial charge in [0.25, 0.3) is 5.91 Å². The van der Waals surface area contributed by atoms with E-state index >= 15 is 8.78 Å². The molecule has 2 N–H and O–H groups in total. The van der Waals surface area contributed by atoms with Gasteiger partial charge in [-0.2, -0.15) is 4.98 Å². The maximum atomic E-state index is 16.0. The molecule has 4 aromatic rings. The van der Waals surface area contributed by atoms with Gasteiger partial charge in [0.1, 0.15) is 29.4 Å². The maximum Gasteiger partial charge on any atom is 0.355 e. The fourth-order valence-corrected chi connectivity index (χ4v) is 6.27. The number of benzene rings is 1. The van der Waals surface area contributed by atoms with E-state index in [9.17, 15) is 19.8 Å². The quantitative estimate of drug-likeness (QED) is 0.238. The van der Waals surface area contributed by atoms with Crippen LogP contribution in [0.4, 0.5) is 14.6 Å². The molecule has 2 saturated carbocycles. The van der Waals surface area contributed by atoms with Gasteiger partial charge >= 0.3 is 5.69 Å². The minimum absolute atomic E-state index is 0.0183. The maximum absolute atomic E-state index is 16.0. The molecule has 4 heterocycles. The Balaban J connectivity index is 1.49. The number of nitrogens with zero attached hydrogens (tertiary/aromatic N) is 7. The van der Waals surface area contributed by atoms with Crippen molar-refractivity contribution in [3.05, 3.63) is 76.4 Å². The summed E-state index contributed by atoms with van der Waals surface area (Å²) in [5.41, 5.74) is 0.277. The van der Waals surface area contributed by atoms with Crippen LogP contribution in [0.5, 0.6) is 5.75 Å². The van der Waals surface area contributed by atoms with Crippen LogP contribution in [-0.2, 0) is 4.79 Å². The number of phenolic OH excluding ortho intramolecular Hbond substituents is 1. The normalized spacial score (nSPS) is 20.1. The first-order valence-corrected chi connectivity index (χ1v) is 15.0. The number of carbonyl (C=O) groups excluding carboxylic acids is 1. The summed E-state index contributed by atoms with van der Waals surface area (Å²) >= 11 is 0. The van der Waals surface area contributed by atoms with Crippen LogP contribution in [0.15, 0.2) is 47.7 Å². The molecule has 232 valence electrons. The second-order valence-electron chi connectivity index (χ2n) is 12.2. The highest BCUT2D eigenvalue weighted by Gasteiger charge is 2.38. The summed E-state index contributed by atoms with van der Waals surface area (Å²) in [5, 5.41) is 20.5. The van der Waals surface area contributed by atoms with Crippen LogP contribution in [0, 0.1) is 11.6 Å². The standard InChI is InChI=1S/C32H31F2N7O4/c1-15-13-40(31(44)17(3)42)16(2)12-39(15)29-20-11-22(34)27(24-21(33)5-4-6-23(24)43)37-30(20)41(32(45)38-29)28-25(18-7-8-18)35-14-36-26(28)19-9-10-19/h4-6,11,14-16,18-19,42-43H,3,7-10,12-13H2,1-2H3/t15-,16+/m0/s1. The molecular formula is C32H31F2N7O4. The molecule has 1 aliphatic heterocycles. The summed E-state index contributed by atoms with van der Waals surface area (Å²) in [7, 11) is 0. The predicted molar refractivity (Wildman–Crippen MR) is 161 cm³/mol. The van der Waals surface area contributed by atoms with E-state index in [1.54, 1.807) is 11.8 Å². The molecule has 0 bridgehead atoms.